The zero-order valence-corrected chi connectivity index (χ0v) is 20.4. The van der Waals surface area contributed by atoms with Gasteiger partial charge in [-0.3, -0.25) is 0 Å². The van der Waals surface area contributed by atoms with Gasteiger partial charge in [-0.05, 0) is 36.6 Å². The first-order valence-corrected chi connectivity index (χ1v) is 11.8. The molecule has 0 spiro atoms. The first kappa shape index (κ1) is 24.8. The average molecular weight is 507 g/mol. The highest BCUT2D eigenvalue weighted by Crippen LogP contribution is 2.35. The number of para-hydroxylation sites is 1. The smallest absolute Gasteiger partial charge is 0.328 e. The van der Waals surface area contributed by atoms with Crippen LogP contribution in [0.15, 0.2) is 48.5 Å². The molecule has 4 N–H and O–H groups in total. The monoisotopic (exact) mass is 506 g/mol. The zero-order valence-electron chi connectivity index (χ0n) is 18.1. The number of halogens is 2. The molecule has 174 valence electrons. The molecule has 10 heteroatoms. The van der Waals surface area contributed by atoms with Crippen molar-refractivity contribution in [3.8, 4) is 11.3 Å². The molecule has 0 aliphatic rings. The topological polar surface area (TPSA) is 103 Å². The van der Waals surface area contributed by atoms with E-state index in [-0.39, 0.29) is 6.54 Å². The van der Waals surface area contributed by atoms with E-state index in [4.69, 9.17) is 23.2 Å². The Hall–Kier alpha value is -2.81. The summed E-state index contributed by atoms with van der Waals surface area (Å²) in [5.74, 6) is -0.760. The maximum atomic E-state index is 12.2. The van der Waals surface area contributed by atoms with Crippen molar-refractivity contribution in [1.29, 1.82) is 0 Å². The van der Waals surface area contributed by atoms with E-state index in [0.717, 1.165) is 22.6 Å². The van der Waals surface area contributed by atoms with Crippen LogP contribution in [0.5, 0.6) is 0 Å². The minimum absolute atomic E-state index is 0.0347. The van der Waals surface area contributed by atoms with Crippen LogP contribution in [-0.2, 0) is 11.2 Å². The lowest BCUT2D eigenvalue weighted by Gasteiger charge is -2.15. The Morgan fingerprint density at radius 1 is 1.09 bits per heavy atom. The normalized spacial score (nSPS) is 11.8. The van der Waals surface area contributed by atoms with E-state index in [9.17, 15) is 14.7 Å². The van der Waals surface area contributed by atoms with Crippen molar-refractivity contribution >= 4 is 57.4 Å². The summed E-state index contributed by atoms with van der Waals surface area (Å²) in [6, 6.07) is 12.4. The van der Waals surface area contributed by atoms with Crippen molar-refractivity contribution < 1.29 is 14.7 Å². The third kappa shape index (κ3) is 7.08. The highest BCUT2D eigenvalue weighted by molar-refractivity contribution is 7.16. The minimum atomic E-state index is -1.16. The second-order valence-corrected chi connectivity index (χ2v) is 9.65. The van der Waals surface area contributed by atoms with E-state index in [2.05, 4.69) is 34.8 Å². The lowest BCUT2D eigenvalue weighted by atomic mass is 10.0. The molecule has 1 heterocycles. The number of carboxylic acids is 1. The number of benzene rings is 2. The Labute approximate surface area is 206 Å². The molecular weight excluding hydrogens is 483 g/mol. The second-order valence-electron chi connectivity index (χ2n) is 7.75. The van der Waals surface area contributed by atoms with Gasteiger partial charge in [-0.15, -0.1) is 11.3 Å². The van der Waals surface area contributed by atoms with Crippen LogP contribution in [0.4, 0.5) is 15.6 Å². The summed E-state index contributed by atoms with van der Waals surface area (Å²) in [7, 11) is 0. The molecule has 1 aromatic heterocycles. The first-order chi connectivity index (χ1) is 15.7. The number of rotatable bonds is 9. The molecule has 3 rings (SSSR count). The number of hydrogen-bond acceptors (Lipinski definition) is 5. The summed E-state index contributed by atoms with van der Waals surface area (Å²) in [5.41, 5.74) is 2.17. The van der Waals surface area contributed by atoms with Crippen molar-refractivity contribution in [3.63, 3.8) is 0 Å². The molecule has 0 aliphatic heterocycles. The van der Waals surface area contributed by atoms with Gasteiger partial charge in [0.1, 0.15) is 6.04 Å². The number of carbonyl (C=O) groups is 2. The van der Waals surface area contributed by atoms with Gasteiger partial charge in [-0.1, -0.05) is 61.3 Å². The molecule has 7 nitrogen and oxygen atoms in total. The molecule has 0 bridgehead atoms. The second kappa shape index (κ2) is 11.4. The lowest BCUT2D eigenvalue weighted by Crippen LogP contribution is -2.47. The number of hydrogen-bond donors (Lipinski definition) is 4. The molecule has 1 unspecified atom stereocenters. The highest BCUT2D eigenvalue weighted by Gasteiger charge is 2.22. The van der Waals surface area contributed by atoms with Crippen LogP contribution in [0.2, 0.25) is 10.0 Å². The fourth-order valence-corrected chi connectivity index (χ4v) is 4.54. The average Bonchev–Trinajstić information content (AvgIpc) is 3.15. The van der Waals surface area contributed by atoms with Gasteiger partial charge in [0.25, 0.3) is 0 Å². The SMILES string of the molecule is CC(C)Cc1sc(NCC(NC(=O)Nc2ccccc2)C(=O)O)nc1-c1ccc(Cl)c(Cl)c1. The van der Waals surface area contributed by atoms with Crippen molar-refractivity contribution in [3.05, 3.63) is 63.5 Å². The van der Waals surface area contributed by atoms with Gasteiger partial charge in [0.15, 0.2) is 5.13 Å². The zero-order chi connectivity index (χ0) is 24.0. The van der Waals surface area contributed by atoms with Gasteiger partial charge in [0.05, 0.1) is 15.7 Å². The van der Waals surface area contributed by atoms with E-state index in [0.29, 0.717) is 26.8 Å². The number of urea groups is 1. The van der Waals surface area contributed by atoms with E-state index in [1.54, 1.807) is 36.4 Å². The number of amides is 2. The van der Waals surface area contributed by atoms with Gasteiger partial charge < -0.3 is 21.1 Å². The molecule has 0 radical (unpaired) electrons. The van der Waals surface area contributed by atoms with Crippen LogP contribution in [-0.4, -0.2) is 34.7 Å². The maximum Gasteiger partial charge on any atom is 0.328 e. The van der Waals surface area contributed by atoms with Gasteiger partial charge in [0, 0.05) is 22.7 Å². The predicted molar refractivity (Wildman–Crippen MR) is 135 cm³/mol. The molecule has 0 fully saturated rings. The van der Waals surface area contributed by atoms with Gasteiger partial charge in [-0.25, -0.2) is 14.6 Å². The third-order valence-electron chi connectivity index (χ3n) is 4.58. The molecule has 33 heavy (non-hydrogen) atoms. The number of nitrogens with zero attached hydrogens (tertiary/aromatic N) is 1. The van der Waals surface area contributed by atoms with Crippen LogP contribution >= 0.6 is 34.5 Å². The summed E-state index contributed by atoms with van der Waals surface area (Å²) in [6.45, 7) is 4.19. The van der Waals surface area contributed by atoms with Crippen LogP contribution in [0.3, 0.4) is 0 Å². The number of anilines is 2. The fraction of sp³-hybridized carbons (Fsp3) is 0.261. The molecule has 0 saturated carbocycles. The van der Waals surface area contributed by atoms with Gasteiger partial charge in [-0.2, -0.15) is 0 Å². The van der Waals surface area contributed by atoms with Crippen LogP contribution in [0, 0.1) is 5.92 Å². The van der Waals surface area contributed by atoms with Gasteiger partial charge >= 0.3 is 12.0 Å². The Morgan fingerprint density at radius 2 is 1.82 bits per heavy atom. The lowest BCUT2D eigenvalue weighted by molar-refractivity contribution is -0.138. The minimum Gasteiger partial charge on any atom is -0.480 e. The number of carbonyl (C=O) groups excluding carboxylic acids is 1. The van der Waals surface area contributed by atoms with Crippen LogP contribution in [0.25, 0.3) is 11.3 Å². The first-order valence-electron chi connectivity index (χ1n) is 10.3. The predicted octanol–water partition coefficient (Wildman–Crippen LogP) is 6.00. The molecule has 2 amide bonds. The van der Waals surface area contributed by atoms with E-state index >= 15 is 0 Å². The highest BCUT2D eigenvalue weighted by atomic mass is 35.5. The van der Waals surface area contributed by atoms with E-state index < -0.39 is 18.0 Å². The van der Waals surface area contributed by atoms with E-state index in [1.165, 1.54) is 11.3 Å². The Bertz CT molecular complexity index is 1120. The largest absolute Gasteiger partial charge is 0.480 e. The van der Waals surface area contributed by atoms with Crippen molar-refractivity contribution in [2.24, 2.45) is 5.92 Å². The summed E-state index contributed by atoms with van der Waals surface area (Å²) in [6.07, 6.45) is 0.801. The summed E-state index contributed by atoms with van der Waals surface area (Å²) >= 11 is 13.7. The quantitative estimate of drug-likeness (QED) is 0.284. The summed E-state index contributed by atoms with van der Waals surface area (Å²) in [5, 5.41) is 19.1. The van der Waals surface area contributed by atoms with Crippen LogP contribution in [0.1, 0.15) is 18.7 Å². The molecular formula is C23H24Cl2N4O3S. The fourth-order valence-electron chi connectivity index (χ4n) is 3.04. The number of carboxylic acid groups (broad SMARTS) is 1. The van der Waals surface area contributed by atoms with Crippen molar-refractivity contribution in [2.75, 3.05) is 17.2 Å². The van der Waals surface area contributed by atoms with Crippen molar-refractivity contribution in [2.45, 2.75) is 26.3 Å². The summed E-state index contributed by atoms with van der Waals surface area (Å²) in [4.78, 5) is 29.6. The number of nitrogens with one attached hydrogen (secondary N) is 3. The number of thiazole rings is 1. The summed E-state index contributed by atoms with van der Waals surface area (Å²) < 4.78 is 0. The third-order valence-corrected chi connectivity index (χ3v) is 6.35. The molecule has 0 aliphatic carbocycles. The Morgan fingerprint density at radius 3 is 2.45 bits per heavy atom. The molecule has 3 aromatic rings. The maximum absolute atomic E-state index is 12.2. The van der Waals surface area contributed by atoms with Crippen LogP contribution < -0.4 is 16.0 Å². The van der Waals surface area contributed by atoms with E-state index in [1.807, 2.05) is 12.1 Å². The Balaban J connectivity index is 1.72. The number of aliphatic carboxylic acids is 1. The van der Waals surface area contributed by atoms with Crippen molar-refractivity contribution in [1.82, 2.24) is 10.3 Å². The molecule has 0 saturated heterocycles. The Kier molecular flexibility index (Phi) is 8.55. The number of aromatic nitrogens is 1. The standard InChI is InChI=1S/C23H24Cl2N4O3S/c1-13(2)10-19-20(14-8-9-16(24)17(25)11-14)29-23(33-19)26-12-18(21(30)31)28-22(32)27-15-6-4-3-5-7-15/h3-9,11,13,18H,10,12H2,1-2H3,(H,26,29)(H,30,31)(H2,27,28,32). The molecule has 2 aromatic carbocycles. The van der Waals surface area contributed by atoms with Gasteiger partial charge in [0.2, 0.25) is 0 Å². The molecule has 1 atom stereocenters.